The molecule has 3 saturated carbocycles. The summed E-state index contributed by atoms with van der Waals surface area (Å²) in [6.45, 7) is 3.79. The minimum atomic E-state index is -4.90. The molecule has 2 aromatic rings. The summed E-state index contributed by atoms with van der Waals surface area (Å²) >= 11 is 12.5. The van der Waals surface area contributed by atoms with Crippen LogP contribution in [0, 0.1) is 23.2 Å². The number of ketones is 1. The Labute approximate surface area is 239 Å². The monoisotopic (exact) mass is 599 g/mol. The van der Waals surface area contributed by atoms with Gasteiger partial charge in [0.1, 0.15) is 0 Å². The van der Waals surface area contributed by atoms with E-state index in [2.05, 4.69) is 18.9 Å². The maximum atomic E-state index is 14.5. The Morgan fingerprint density at radius 1 is 1.07 bits per heavy atom. The fourth-order valence-electron chi connectivity index (χ4n) is 6.90. The smallest absolute Gasteiger partial charge is 0.433 e. The summed E-state index contributed by atoms with van der Waals surface area (Å²) in [5.74, 6) is -2.42. The van der Waals surface area contributed by atoms with Crippen molar-refractivity contribution in [3.05, 3.63) is 51.3 Å². The third-order valence-corrected chi connectivity index (χ3v) is 9.91. The molecular formula is C28H30Cl2F3N3O4. The van der Waals surface area contributed by atoms with Gasteiger partial charge in [-0.05, 0) is 67.9 Å². The molecule has 0 aliphatic heterocycles. The summed E-state index contributed by atoms with van der Waals surface area (Å²) in [7, 11) is 0. The van der Waals surface area contributed by atoms with Crippen molar-refractivity contribution < 1.29 is 32.7 Å². The predicted molar refractivity (Wildman–Crippen MR) is 141 cm³/mol. The van der Waals surface area contributed by atoms with E-state index in [4.69, 9.17) is 23.2 Å². The maximum absolute atomic E-state index is 14.5. The summed E-state index contributed by atoms with van der Waals surface area (Å²) in [6.07, 6.45) is -1.96. The molecule has 1 unspecified atom stereocenters. The van der Waals surface area contributed by atoms with Crippen LogP contribution in [0.15, 0.2) is 24.4 Å². The number of carboxylic acid groups (broad SMARTS) is 1. The van der Waals surface area contributed by atoms with Gasteiger partial charge in [0.25, 0.3) is 5.91 Å². The fourth-order valence-corrected chi connectivity index (χ4v) is 7.50. The number of carboxylic acids is 1. The molecule has 3 atom stereocenters. The minimum absolute atomic E-state index is 0.0223. The van der Waals surface area contributed by atoms with Crippen LogP contribution < -0.4 is 0 Å². The van der Waals surface area contributed by atoms with Gasteiger partial charge in [-0.2, -0.15) is 18.3 Å². The molecule has 1 N–H and O–H groups in total. The van der Waals surface area contributed by atoms with Gasteiger partial charge in [0, 0.05) is 6.04 Å². The summed E-state index contributed by atoms with van der Waals surface area (Å²) in [6, 6.07) is 3.45. The molecule has 3 aliphatic rings. The summed E-state index contributed by atoms with van der Waals surface area (Å²) in [5, 5.41) is 13.5. The zero-order valence-electron chi connectivity index (χ0n) is 22.0. The SMILES string of the molecule is CC1(C)[C@@H]2CC(N(CC(=O)c3c(Cl)cccc3Cl)C(=O)c3cnn(C4CCC(C(=O)O)CC4)c3C(F)(F)F)C[C@@H]21. The lowest BCUT2D eigenvalue weighted by Crippen LogP contribution is -2.44. The van der Waals surface area contributed by atoms with Crippen molar-refractivity contribution in [2.75, 3.05) is 6.54 Å². The Morgan fingerprint density at radius 3 is 2.17 bits per heavy atom. The van der Waals surface area contributed by atoms with Gasteiger partial charge in [-0.3, -0.25) is 19.1 Å². The maximum Gasteiger partial charge on any atom is 0.433 e. The molecule has 3 fully saturated rings. The van der Waals surface area contributed by atoms with Crippen LogP contribution in [0.4, 0.5) is 13.2 Å². The molecular weight excluding hydrogens is 570 g/mol. The number of hydrogen-bond donors (Lipinski definition) is 1. The van der Waals surface area contributed by atoms with E-state index in [0.717, 1.165) is 10.9 Å². The molecule has 0 spiro atoms. The number of halogens is 5. The van der Waals surface area contributed by atoms with E-state index in [-0.39, 0.29) is 46.7 Å². The number of nitrogens with zero attached hydrogens (tertiary/aromatic N) is 3. The van der Waals surface area contributed by atoms with Gasteiger partial charge in [-0.15, -0.1) is 0 Å². The van der Waals surface area contributed by atoms with Crippen LogP contribution in [-0.2, 0) is 11.0 Å². The van der Waals surface area contributed by atoms with Crippen LogP contribution in [0.25, 0.3) is 0 Å². The third kappa shape index (κ3) is 5.13. The Morgan fingerprint density at radius 2 is 1.65 bits per heavy atom. The lowest BCUT2D eigenvalue weighted by Gasteiger charge is -2.32. The number of Topliss-reactive ketones (excluding diaryl/α,β-unsaturated/α-hetero) is 1. The number of benzene rings is 1. The normalized spacial score (nSPS) is 27.2. The molecule has 12 heteroatoms. The minimum Gasteiger partial charge on any atom is -0.481 e. The molecule has 1 aromatic carbocycles. The van der Waals surface area contributed by atoms with Crippen molar-refractivity contribution in [1.29, 1.82) is 0 Å². The van der Waals surface area contributed by atoms with Crippen LogP contribution in [0.5, 0.6) is 0 Å². The van der Waals surface area contributed by atoms with Crippen molar-refractivity contribution in [3.8, 4) is 0 Å². The van der Waals surface area contributed by atoms with E-state index >= 15 is 0 Å². The highest BCUT2D eigenvalue weighted by Crippen LogP contribution is 2.67. The first kappa shape index (κ1) is 28.9. The number of carbonyl (C=O) groups is 3. The van der Waals surface area contributed by atoms with Crippen LogP contribution in [0.3, 0.4) is 0 Å². The molecule has 0 bridgehead atoms. The number of rotatable bonds is 7. The van der Waals surface area contributed by atoms with Crippen molar-refractivity contribution in [3.63, 3.8) is 0 Å². The molecule has 1 heterocycles. The van der Waals surface area contributed by atoms with Crippen molar-refractivity contribution in [2.24, 2.45) is 23.2 Å². The van der Waals surface area contributed by atoms with Gasteiger partial charge in [0.2, 0.25) is 0 Å². The highest BCUT2D eigenvalue weighted by molar-refractivity contribution is 6.40. The van der Waals surface area contributed by atoms with Crippen molar-refractivity contribution in [1.82, 2.24) is 14.7 Å². The summed E-state index contributed by atoms with van der Waals surface area (Å²) < 4.78 is 44.3. The second kappa shape index (κ2) is 10.4. The number of alkyl halides is 3. The van der Waals surface area contributed by atoms with Crippen LogP contribution >= 0.6 is 23.2 Å². The zero-order valence-corrected chi connectivity index (χ0v) is 23.6. The molecule has 1 aromatic heterocycles. The van der Waals surface area contributed by atoms with Crippen LogP contribution in [0.1, 0.15) is 84.8 Å². The number of aliphatic carboxylic acids is 1. The average Bonchev–Trinajstić information content (AvgIpc) is 3.31. The molecule has 0 saturated heterocycles. The molecule has 1 amide bonds. The van der Waals surface area contributed by atoms with Gasteiger partial charge in [-0.1, -0.05) is 43.1 Å². The Kier molecular flexibility index (Phi) is 7.48. The van der Waals surface area contributed by atoms with E-state index in [1.165, 1.54) is 17.0 Å². The Balaban J connectivity index is 1.47. The quantitative estimate of drug-likeness (QED) is 0.354. The van der Waals surface area contributed by atoms with E-state index in [1.54, 1.807) is 6.07 Å². The van der Waals surface area contributed by atoms with Gasteiger partial charge in [-0.25, -0.2) is 0 Å². The topological polar surface area (TPSA) is 92.5 Å². The number of fused-ring (bicyclic) bond motifs is 1. The van der Waals surface area contributed by atoms with Crippen molar-refractivity contribution >= 4 is 40.9 Å². The zero-order chi connectivity index (χ0) is 29.1. The second-order valence-corrected chi connectivity index (χ2v) is 12.6. The molecule has 3 aliphatic carbocycles. The van der Waals surface area contributed by atoms with Gasteiger partial charge >= 0.3 is 12.1 Å². The molecule has 7 nitrogen and oxygen atoms in total. The first-order chi connectivity index (χ1) is 18.7. The number of hydrogen-bond acceptors (Lipinski definition) is 4. The van der Waals surface area contributed by atoms with E-state index in [9.17, 15) is 32.7 Å². The predicted octanol–water partition coefficient (Wildman–Crippen LogP) is 6.78. The average molecular weight is 600 g/mol. The largest absolute Gasteiger partial charge is 0.481 e. The van der Waals surface area contributed by atoms with E-state index in [1.807, 2.05) is 0 Å². The fraction of sp³-hybridized carbons (Fsp3) is 0.571. The first-order valence-electron chi connectivity index (χ1n) is 13.4. The van der Waals surface area contributed by atoms with Crippen LogP contribution in [0.2, 0.25) is 10.0 Å². The Hall–Kier alpha value is -2.59. The summed E-state index contributed by atoms with van der Waals surface area (Å²) in [5.41, 5.74) is -1.68. The van der Waals surface area contributed by atoms with Crippen molar-refractivity contribution in [2.45, 2.75) is 70.6 Å². The first-order valence-corrected chi connectivity index (χ1v) is 14.1. The molecule has 40 heavy (non-hydrogen) atoms. The second-order valence-electron chi connectivity index (χ2n) is 11.8. The summed E-state index contributed by atoms with van der Waals surface area (Å²) in [4.78, 5) is 39.9. The number of aromatic nitrogens is 2. The van der Waals surface area contributed by atoms with Crippen LogP contribution in [-0.4, -0.2) is 50.0 Å². The molecule has 0 radical (unpaired) electrons. The lowest BCUT2D eigenvalue weighted by molar-refractivity contribution is -0.147. The molecule has 216 valence electrons. The highest BCUT2D eigenvalue weighted by atomic mass is 35.5. The highest BCUT2D eigenvalue weighted by Gasteiger charge is 2.63. The third-order valence-electron chi connectivity index (χ3n) is 9.28. The van der Waals surface area contributed by atoms with Gasteiger partial charge < -0.3 is 10.0 Å². The standard InChI is InChI=1S/C28H30Cl2F3N3O4/c1-27(2)18-10-16(11-19(18)27)35(13-22(37)23-20(29)4-3-5-21(23)30)25(38)17-12-34-36(24(17)28(31,32)33)15-8-6-14(7-9-15)26(39)40/h3-5,12,14-16,18-19H,6-11,13H2,1-2H3,(H,39,40)/t14?,15?,16?,18-,19+. The lowest BCUT2D eigenvalue weighted by atomic mass is 9.86. The van der Waals surface area contributed by atoms with Gasteiger partial charge in [0.15, 0.2) is 11.5 Å². The number of carbonyl (C=O) groups excluding carboxylic acids is 2. The molecule has 5 rings (SSSR count). The van der Waals surface area contributed by atoms with E-state index < -0.39 is 59.6 Å². The van der Waals surface area contributed by atoms with Gasteiger partial charge in [0.05, 0.1) is 45.9 Å². The van der Waals surface area contributed by atoms with E-state index in [0.29, 0.717) is 24.7 Å². The number of amides is 1. The Bertz CT molecular complexity index is 1320.